The van der Waals surface area contributed by atoms with E-state index < -0.39 is 18.2 Å². The average molecular weight is 792 g/mol. The van der Waals surface area contributed by atoms with Crippen molar-refractivity contribution in [2.75, 3.05) is 6.61 Å². The zero-order valence-corrected chi connectivity index (χ0v) is 37.8. The number of carbonyl (C=O) groups is 2. The SMILES string of the molecule is CCCCC/C=C\CCCCCCCC(=O)OC(CCCCCCCCCCCCCCCCCC)CC(=O)NC(CO)C(O)CCCCCCCCCCC. The Morgan fingerprint density at radius 3 is 1.30 bits per heavy atom. The summed E-state index contributed by atoms with van der Waals surface area (Å²) >= 11 is 0. The van der Waals surface area contributed by atoms with E-state index in [9.17, 15) is 19.8 Å². The Kier molecular flexibility index (Phi) is 43.6. The van der Waals surface area contributed by atoms with Crippen molar-refractivity contribution in [3.8, 4) is 0 Å². The number of aliphatic hydroxyl groups is 2. The summed E-state index contributed by atoms with van der Waals surface area (Å²) in [6.07, 6.45) is 48.4. The second kappa shape index (κ2) is 44.7. The minimum Gasteiger partial charge on any atom is -0.462 e. The number of aliphatic hydroxyl groups excluding tert-OH is 2. The minimum absolute atomic E-state index is 0.0810. The molecule has 56 heavy (non-hydrogen) atoms. The molecule has 3 atom stereocenters. The molecule has 0 radical (unpaired) electrons. The van der Waals surface area contributed by atoms with E-state index in [1.54, 1.807) is 0 Å². The lowest BCUT2D eigenvalue weighted by Gasteiger charge is -2.24. The number of ether oxygens (including phenoxy) is 1. The van der Waals surface area contributed by atoms with E-state index in [4.69, 9.17) is 4.74 Å². The van der Waals surface area contributed by atoms with Crippen molar-refractivity contribution in [1.82, 2.24) is 5.32 Å². The summed E-state index contributed by atoms with van der Waals surface area (Å²) in [6, 6.07) is -0.694. The topological polar surface area (TPSA) is 95.9 Å². The van der Waals surface area contributed by atoms with E-state index in [-0.39, 0.29) is 24.9 Å². The molecule has 0 spiro atoms. The molecule has 0 aliphatic heterocycles. The zero-order chi connectivity index (χ0) is 41.0. The van der Waals surface area contributed by atoms with Gasteiger partial charge in [0.1, 0.15) is 6.10 Å². The van der Waals surface area contributed by atoms with E-state index in [0.29, 0.717) is 19.3 Å². The molecule has 6 heteroatoms. The first-order chi connectivity index (χ1) is 27.5. The summed E-state index contributed by atoms with van der Waals surface area (Å²) in [5.74, 6) is -0.470. The van der Waals surface area contributed by atoms with Crippen molar-refractivity contribution in [1.29, 1.82) is 0 Å². The molecule has 3 N–H and O–H groups in total. The second-order valence-corrected chi connectivity index (χ2v) is 17.2. The Balaban J connectivity index is 4.54. The van der Waals surface area contributed by atoms with Crippen molar-refractivity contribution in [2.45, 2.75) is 289 Å². The van der Waals surface area contributed by atoms with Crippen LogP contribution in [0.4, 0.5) is 0 Å². The first-order valence-corrected chi connectivity index (χ1v) is 24.9. The third-order valence-corrected chi connectivity index (χ3v) is 11.6. The van der Waals surface area contributed by atoms with Crippen molar-refractivity contribution in [2.24, 2.45) is 0 Å². The molecule has 0 aromatic heterocycles. The molecule has 0 heterocycles. The second-order valence-electron chi connectivity index (χ2n) is 17.2. The van der Waals surface area contributed by atoms with E-state index >= 15 is 0 Å². The highest BCUT2D eigenvalue weighted by Gasteiger charge is 2.24. The van der Waals surface area contributed by atoms with Crippen molar-refractivity contribution >= 4 is 11.9 Å². The van der Waals surface area contributed by atoms with Gasteiger partial charge in [-0.05, 0) is 51.4 Å². The molecule has 0 rings (SSSR count). The van der Waals surface area contributed by atoms with Gasteiger partial charge in [0.25, 0.3) is 0 Å². The maximum Gasteiger partial charge on any atom is 0.306 e. The number of esters is 1. The summed E-state index contributed by atoms with van der Waals surface area (Å²) in [4.78, 5) is 26.0. The van der Waals surface area contributed by atoms with Gasteiger partial charge in [0.05, 0.1) is 25.2 Å². The molecule has 1 amide bonds. The maximum absolute atomic E-state index is 13.1. The van der Waals surface area contributed by atoms with Crippen LogP contribution in [0, 0.1) is 0 Å². The number of carbonyl (C=O) groups excluding carboxylic acids is 2. The Bertz CT molecular complexity index is 847. The summed E-state index contributed by atoms with van der Waals surface area (Å²) in [7, 11) is 0. The molecule has 0 saturated heterocycles. The fraction of sp³-hybridized carbons (Fsp3) is 0.920. The largest absolute Gasteiger partial charge is 0.462 e. The highest BCUT2D eigenvalue weighted by atomic mass is 16.5. The maximum atomic E-state index is 13.1. The van der Waals surface area contributed by atoms with Gasteiger partial charge in [-0.3, -0.25) is 9.59 Å². The lowest BCUT2D eigenvalue weighted by Crippen LogP contribution is -2.46. The minimum atomic E-state index is -0.781. The lowest BCUT2D eigenvalue weighted by molar-refractivity contribution is -0.151. The van der Waals surface area contributed by atoms with Crippen LogP contribution >= 0.6 is 0 Å². The van der Waals surface area contributed by atoms with Crippen LogP contribution in [0.15, 0.2) is 12.2 Å². The van der Waals surface area contributed by atoms with Gasteiger partial charge in [-0.2, -0.15) is 0 Å². The molecular weight excluding hydrogens is 695 g/mol. The Labute approximate surface area is 349 Å². The predicted molar refractivity (Wildman–Crippen MR) is 241 cm³/mol. The molecule has 332 valence electrons. The number of allylic oxidation sites excluding steroid dienone is 2. The summed E-state index contributed by atoms with van der Waals surface area (Å²) < 4.78 is 5.92. The van der Waals surface area contributed by atoms with E-state index in [1.165, 1.54) is 167 Å². The number of amides is 1. The molecular formula is C50H97NO5. The molecule has 0 aromatic carbocycles. The molecule has 0 saturated carbocycles. The summed E-state index contributed by atoms with van der Waals surface area (Å²) in [5, 5.41) is 23.6. The van der Waals surface area contributed by atoms with Crippen LogP contribution in [-0.4, -0.2) is 46.9 Å². The monoisotopic (exact) mass is 792 g/mol. The smallest absolute Gasteiger partial charge is 0.306 e. The fourth-order valence-electron chi connectivity index (χ4n) is 7.78. The lowest BCUT2D eigenvalue weighted by atomic mass is 10.0. The van der Waals surface area contributed by atoms with Crippen LogP contribution in [0.3, 0.4) is 0 Å². The fourth-order valence-corrected chi connectivity index (χ4v) is 7.78. The van der Waals surface area contributed by atoms with Gasteiger partial charge in [0.2, 0.25) is 5.91 Å². The third-order valence-electron chi connectivity index (χ3n) is 11.6. The molecule has 3 unspecified atom stereocenters. The van der Waals surface area contributed by atoms with Crippen molar-refractivity contribution < 1.29 is 24.5 Å². The van der Waals surface area contributed by atoms with E-state index in [1.807, 2.05) is 0 Å². The van der Waals surface area contributed by atoms with Gasteiger partial charge < -0.3 is 20.3 Å². The van der Waals surface area contributed by atoms with Crippen molar-refractivity contribution in [3.05, 3.63) is 12.2 Å². The van der Waals surface area contributed by atoms with Crippen LogP contribution in [0.5, 0.6) is 0 Å². The Hall–Kier alpha value is -1.40. The molecule has 6 nitrogen and oxygen atoms in total. The number of nitrogens with one attached hydrogen (secondary N) is 1. The first kappa shape index (κ1) is 54.6. The van der Waals surface area contributed by atoms with Gasteiger partial charge in [-0.25, -0.2) is 0 Å². The molecule has 0 aliphatic carbocycles. The molecule has 0 fully saturated rings. The molecule has 0 bridgehead atoms. The third kappa shape index (κ3) is 39.4. The standard InChI is InChI=1S/C50H97NO5/c1-4-7-10-13-16-19-21-23-24-25-26-27-30-32-35-38-41-46(56-50(55)43-40-37-34-31-28-22-20-17-14-11-8-5-2)44-49(54)51-47(45-52)48(53)42-39-36-33-29-18-15-12-9-6-3/h17,20,46-48,52-53H,4-16,18-19,21-45H2,1-3H3,(H,51,54)/b20-17-. The quantitative estimate of drug-likeness (QED) is 0.0324. The zero-order valence-electron chi connectivity index (χ0n) is 37.8. The predicted octanol–water partition coefficient (Wildman–Crippen LogP) is 14.6. The summed E-state index contributed by atoms with van der Waals surface area (Å²) in [6.45, 7) is 6.46. The molecule has 0 aromatic rings. The first-order valence-electron chi connectivity index (χ1n) is 24.9. The van der Waals surface area contributed by atoms with Crippen molar-refractivity contribution in [3.63, 3.8) is 0 Å². The van der Waals surface area contributed by atoms with Crippen LogP contribution in [0.2, 0.25) is 0 Å². The highest BCUT2D eigenvalue weighted by Crippen LogP contribution is 2.18. The van der Waals surface area contributed by atoms with Crippen LogP contribution in [0.25, 0.3) is 0 Å². The van der Waals surface area contributed by atoms with Gasteiger partial charge in [-0.15, -0.1) is 0 Å². The van der Waals surface area contributed by atoms with Crippen LogP contribution in [-0.2, 0) is 14.3 Å². The van der Waals surface area contributed by atoms with Gasteiger partial charge in [0.15, 0.2) is 0 Å². The number of hydrogen-bond donors (Lipinski definition) is 3. The highest BCUT2D eigenvalue weighted by molar-refractivity contribution is 5.77. The number of rotatable bonds is 45. The van der Waals surface area contributed by atoms with Gasteiger partial charge >= 0.3 is 5.97 Å². The van der Waals surface area contributed by atoms with E-state index in [0.717, 1.165) is 57.8 Å². The number of unbranched alkanes of at least 4 members (excludes halogenated alkanes) is 31. The van der Waals surface area contributed by atoms with Gasteiger partial charge in [-0.1, -0.05) is 219 Å². The van der Waals surface area contributed by atoms with Crippen LogP contribution < -0.4 is 5.32 Å². The molecule has 0 aliphatic rings. The van der Waals surface area contributed by atoms with Crippen LogP contribution in [0.1, 0.15) is 271 Å². The Morgan fingerprint density at radius 1 is 0.500 bits per heavy atom. The normalized spacial score (nSPS) is 13.3. The van der Waals surface area contributed by atoms with E-state index in [2.05, 4.69) is 38.2 Å². The Morgan fingerprint density at radius 2 is 0.857 bits per heavy atom. The average Bonchev–Trinajstić information content (AvgIpc) is 3.19. The van der Waals surface area contributed by atoms with Gasteiger partial charge in [0, 0.05) is 6.42 Å². The number of hydrogen-bond acceptors (Lipinski definition) is 5. The summed E-state index contributed by atoms with van der Waals surface area (Å²) in [5.41, 5.74) is 0.